The minimum absolute atomic E-state index is 0.00144. The van der Waals surface area contributed by atoms with E-state index in [2.05, 4.69) is 37.5 Å². The minimum atomic E-state index is 0.00144. The molecule has 2 nitrogen and oxygen atoms in total. The highest BCUT2D eigenvalue weighted by atomic mass is 32.2. The molecule has 1 heterocycles. The Morgan fingerprint density at radius 2 is 2.05 bits per heavy atom. The average Bonchev–Trinajstić information content (AvgIpc) is 2.81. The fourth-order valence-electron chi connectivity index (χ4n) is 1.85. The first-order chi connectivity index (χ1) is 9.58. The van der Waals surface area contributed by atoms with Crippen LogP contribution in [0.4, 0.5) is 0 Å². The number of carbonyl (C=O) groups excluding carboxylic acids is 1. The molecule has 4 heteroatoms. The molecule has 0 aliphatic heterocycles. The van der Waals surface area contributed by atoms with Crippen LogP contribution in [0.2, 0.25) is 0 Å². The summed E-state index contributed by atoms with van der Waals surface area (Å²) in [4.78, 5) is 14.6. The van der Waals surface area contributed by atoms with Crippen LogP contribution in [0.25, 0.3) is 0 Å². The van der Waals surface area contributed by atoms with Crippen molar-refractivity contribution in [2.45, 2.75) is 37.5 Å². The van der Waals surface area contributed by atoms with Crippen molar-refractivity contribution >= 4 is 29.0 Å². The highest BCUT2D eigenvalue weighted by Gasteiger charge is 2.12. The zero-order chi connectivity index (χ0) is 14.5. The van der Waals surface area contributed by atoms with Crippen LogP contribution < -0.4 is 5.32 Å². The number of benzene rings is 1. The van der Waals surface area contributed by atoms with Gasteiger partial charge in [-0.1, -0.05) is 26.0 Å². The van der Waals surface area contributed by atoms with Crippen molar-refractivity contribution in [1.82, 2.24) is 5.32 Å². The second-order valence-electron chi connectivity index (χ2n) is 4.87. The van der Waals surface area contributed by atoms with E-state index in [0.717, 1.165) is 10.5 Å². The molecule has 106 valence electrons. The van der Waals surface area contributed by atoms with Crippen molar-refractivity contribution in [2.75, 3.05) is 0 Å². The first-order valence-electron chi connectivity index (χ1n) is 6.64. The molecular weight excluding hydrogens is 286 g/mol. The van der Waals surface area contributed by atoms with Crippen molar-refractivity contribution < 1.29 is 4.79 Å². The summed E-state index contributed by atoms with van der Waals surface area (Å²) in [7, 11) is 0. The second kappa shape index (κ2) is 6.95. The first-order valence-corrected chi connectivity index (χ1v) is 8.40. The third-order valence-electron chi connectivity index (χ3n) is 2.87. The Kier molecular flexibility index (Phi) is 5.26. The molecule has 0 aliphatic rings. The van der Waals surface area contributed by atoms with Gasteiger partial charge in [-0.2, -0.15) is 0 Å². The van der Waals surface area contributed by atoms with E-state index in [9.17, 15) is 4.79 Å². The lowest BCUT2D eigenvalue weighted by Crippen LogP contribution is -2.23. The summed E-state index contributed by atoms with van der Waals surface area (Å²) in [5, 5.41) is 5.53. The monoisotopic (exact) mass is 305 g/mol. The lowest BCUT2D eigenvalue weighted by molar-refractivity contribution is 0.0948. The SMILES string of the molecule is Cc1ccsc1CNC(=O)c1ccccc1SC(C)C. The fourth-order valence-corrected chi connectivity index (χ4v) is 3.65. The van der Waals surface area contributed by atoms with Crippen molar-refractivity contribution in [3.05, 3.63) is 51.7 Å². The zero-order valence-electron chi connectivity index (χ0n) is 12.0. The van der Waals surface area contributed by atoms with Crippen LogP contribution in [0.15, 0.2) is 40.6 Å². The Labute approximate surface area is 128 Å². The van der Waals surface area contributed by atoms with Crippen molar-refractivity contribution in [3.63, 3.8) is 0 Å². The molecule has 0 aliphatic carbocycles. The van der Waals surface area contributed by atoms with Gasteiger partial charge in [0.25, 0.3) is 5.91 Å². The van der Waals surface area contributed by atoms with Gasteiger partial charge in [0.1, 0.15) is 0 Å². The quantitative estimate of drug-likeness (QED) is 0.825. The average molecular weight is 305 g/mol. The van der Waals surface area contributed by atoms with E-state index in [0.29, 0.717) is 11.8 Å². The summed E-state index contributed by atoms with van der Waals surface area (Å²) in [6.45, 7) is 6.94. The standard InChI is InChI=1S/C16H19NOS2/c1-11(2)20-14-7-5-4-6-13(14)16(18)17-10-15-12(3)8-9-19-15/h4-9,11H,10H2,1-3H3,(H,17,18). The van der Waals surface area contributed by atoms with Gasteiger partial charge >= 0.3 is 0 Å². The smallest absolute Gasteiger partial charge is 0.252 e. The van der Waals surface area contributed by atoms with Crippen LogP contribution in [-0.2, 0) is 6.54 Å². The van der Waals surface area contributed by atoms with Gasteiger partial charge in [-0.15, -0.1) is 23.1 Å². The number of hydrogen-bond acceptors (Lipinski definition) is 3. The Morgan fingerprint density at radius 3 is 2.70 bits per heavy atom. The molecule has 0 spiro atoms. The Hall–Kier alpha value is -1.26. The Bertz CT molecular complexity index is 590. The Balaban J connectivity index is 2.07. The van der Waals surface area contributed by atoms with Gasteiger partial charge < -0.3 is 5.32 Å². The topological polar surface area (TPSA) is 29.1 Å². The molecule has 0 atom stereocenters. The number of nitrogens with one attached hydrogen (secondary N) is 1. The third-order valence-corrected chi connectivity index (χ3v) is 4.98. The van der Waals surface area contributed by atoms with E-state index in [4.69, 9.17) is 0 Å². The van der Waals surface area contributed by atoms with Gasteiger partial charge in [-0.05, 0) is 36.1 Å². The summed E-state index contributed by atoms with van der Waals surface area (Å²) in [6, 6.07) is 9.87. The number of amides is 1. The third kappa shape index (κ3) is 3.87. The van der Waals surface area contributed by atoms with Crippen molar-refractivity contribution in [3.8, 4) is 0 Å². The molecule has 0 saturated carbocycles. The number of thiophene rings is 1. The summed E-state index contributed by atoms with van der Waals surface area (Å²) in [5.74, 6) is 0.00144. The normalized spacial score (nSPS) is 10.8. The van der Waals surface area contributed by atoms with Crippen LogP contribution >= 0.6 is 23.1 Å². The largest absolute Gasteiger partial charge is 0.347 e. The molecule has 0 fully saturated rings. The first kappa shape index (κ1) is 15.1. The molecule has 1 aromatic heterocycles. The minimum Gasteiger partial charge on any atom is -0.347 e. The summed E-state index contributed by atoms with van der Waals surface area (Å²) >= 11 is 3.40. The van der Waals surface area contributed by atoms with Gasteiger partial charge in [-0.25, -0.2) is 0 Å². The predicted octanol–water partition coefficient (Wildman–Crippen LogP) is 4.49. The molecule has 1 N–H and O–H groups in total. The molecule has 2 aromatic rings. The number of thioether (sulfide) groups is 1. The van der Waals surface area contributed by atoms with E-state index >= 15 is 0 Å². The van der Waals surface area contributed by atoms with E-state index in [1.165, 1.54) is 10.4 Å². The Morgan fingerprint density at radius 1 is 1.30 bits per heavy atom. The predicted molar refractivity (Wildman–Crippen MR) is 87.7 cm³/mol. The molecule has 0 bridgehead atoms. The number of aryl methyl sites for hydroxylation is 1. The van der Waals surface area contributed by atoms with E-state index < -0.39 is 0 Å². The van der Waals surface area contributed by atoms with Crippen LogP contribution in [-0.4, -0.2) is 11.2 Å². The van der Waals surface area contributed by atoms with Gasteiger partial charge in [0.05, 0.1) is 12.1 Å². The fraction of sp³-hybridized carbons (Fsp3) is 0.312. The van der Waals surface area contributed by atoms with Crippen LogP contribution in [0.1, 0.15) is 34.6 Å². The molecular formula is C16H19NOS2. The van der Waals surface area contributed by atoms with Crippen molar-refractivity contribution in [2.24, 2.45) is 0 Å². The van der Waals surface area contributed by atoms with E-state index in [1.54, 1.807) is 23.1 Å². The molecule has 0 radical (unpaired) electrons. The maximum absolute atomic E-state index is 12.3. The van der Waals surface area contributed by atoms with Gasteiger partial charge in [0.15, 0.2) is 0 Å². The molecule has 0 saturated heterocycles. The van der Waals surface area contributed by atoms with Crippen LogP contribution in [0, 0.1) is 6.92 Å². The van der Waals surface area contributed by atoms with Gasteiger partial charge in [0.2, 0.25) is 0 Å². The van der Waals surface area contributed by atoms with Crippen LogP contribution in [0.3, 0.4) is 0 Å². The van der Waals surface area contributed by atoms with Crippen molar-refractivity contribution in [1.29, 1.82) is 0 Å². The summed E-state index contributed by atoms with van der Waals surface area (Å²) in [6.07, 6.45) is 0. The highest BCUT2D eigenvalue weighted by Crippen LogP contribution is 2.26. The summed E-state index contributed by atoms with van der Waals surface area (Å²) < 4.78 is 0. The lowest BCUT2D eigenvalue weighted by Gasteiger charge is -2.11. The van der Waals surface area contributed by atoms with Gasteiger partial charge in [0, 0.05) is 15.0 Å². The molecule has 0 unspecified atom stereocenters. The molecule has 20 heavy (non-hydrogen) atoms. The second-order valence-corrected chi connectivity index (χ2v) is 7.49. The van der Waals surface area contributed by atoms with E-state index in [-0.39, 0.29) is 5.91 Å². The maximum atomic E-state index is 12.3. The number of hydrogen-bond donors (Lipinski definition) is 1. The number of rotatable bonds is 5. The zero-order valence-corrected chi connectivity index (χ0v) is 13.6. The number of carbonyl (C=O) groups is 1. The maximum Gasteiger partial charge on any atom is 0.252 e. The molecule has 1 aromatic carbocycles. The highest BCUT2D eigenvalue weighted by molar-refractivity contribution is 8.00. The molecule has 1 amide bonds. The van der Waals surface area contributed by atoms with Gasteiger partial charge in [-0.3, -0.25) is 4.79 Å². The summed E-state index contributed by atoms with van der Waals surface area (Å²) in [5.41, 5.74) is 2.00. The lowest BCUT2D eigenvalue weighted by atomic mass is 10.2. The molecule has 2 rings (SSSR count). The van der Waals surface area contributed by atoms with Crippen LogP contribution in [0.5, 0.6) is 0 Å². The van der Waals surface area contributed by atoms with E-state index in [1.807, 2.05) is 24.3 Å².